The Hall–Kier alpha value is -0.410. The molecule has 0 N–H and O–H groups in total. The van der Waals surface area contributed by atoms with Gasteiger partial charge in [-0.1, -0.05) is 12.1 Å². The lowest BCUT2D eigenvalue weighted by Gasteiger charge is -2.11. The molecule has 0 aromatic heterocycles. The Bertz CT molecular complexity index is 401. The van der Waals surface area contributed by atoms with E-state index in [1.54, 1.807) is 18.2 Å². The minimum atomic E-state index is -0.755. The predicted molar refractivity (Wildman–Crippen MR) is 55.9 cm³/mol. The normalized spacial score (nSPS) is 17.9. The first-order chi connectivity index (χ1) is 6.58. The first kappa shape index (κ1) is 10.1. The molecule has 0 unspecified atom stereocenters. The predicted octanol–water partition coefficient (Wildman–Crippen LogP) is 3.39. The fraction of sp³-hybridized carbons (Fsp3) is 0.300. The van der Waals surface area contributed by atoms with Crippen molar-refractivity contribution in [2.75, 3.05) is 0 Å². The molecule has 1 aromatic carbocycles. The summed E-state index contributed by atoms with van der Waals surface area (Å²) in [5, 5.41) is -0.463. The third-order valence-corrected chi connectivity index (χ3v) is 3.57. The van der Waals surface area contributed by atoms with E-state index in [0.717, 1.165) is 0 Å². The van der Waals surface area contributed by atoms with E-state index in [4.69, 9.17) is 11.6 Å². The molecular weight excluding hydrogens is 270 g/mol. The van der Waals surface area contributed by atoms with Gasteiger partial charge in [-0.3, -0.25) is 4.79 Å². The van der Waals surface area contributed by atoms with Crippen molar-refractivity contribution in [1.29, 1.82) is 0 Å². The van der Waals surface area contributed by atoms with Crippen molar-refractivity contribution >= 4 is 32.8 Å². The van der Waals surface area contributed by atoms with Crippen molar-refractivity contribution < 1.29 is 9.18 Å². The molecule has 1 aliphatic carbocycles. The molecule has 0 heterocycles. The Morgan fingerprint density at radius 3 is 2.64 bits per heavy atom. The molecule has 0 spiro atoms. The first-order valence-corrected chi connectivity index (χ1v) is 5.39. The molecule has 0 radical (unpaired) electrons. The summed E-state index contributed by atoms with van der Waals surface area (Å²) in [7, 11) is 0. The summed E-state index contributed by atoms with van der Waals surface area (Å²) < 4.78 is 14.0. The number of benzene rings is 1. The van der Waals surface area contributed by atoms with Gasteiger partial charge < -0.3 is 0 Å². The number of hydrogen-bond donors (Lipinski definition) is 0. The first-order valence-electron chi connectivity index (χ1n) is 4.22. The molecule has 1 aliphatic rings. The van der Waals surface area contributed by atoms with E-state index in [-0.39, 0.29) is 5.82 Å². The Balaban J connectivity index is 2.52. The summed E-state index contributed by atoms with van der Waals surface area (Å²) >= 11 is 8.56. The highest BCUT2D eigenvalue weighted by Crippen LogP contribution is 2.51. The molecule has 0 saturated heterocycles. The van der Waals surface area contributed by atoms with E-state index in [2.05, 4.69) is 15.9 Å². The van der Waals surface area contributed by atoms with Crippen LogP contribution in [0.2, 0.25) is 0 Å². The lowest BCUT2D eigenvalue weighted by molar-refractivity contribution is -0.113. The van der Waals surface area contributed by atoms with Crippen LogP contribution in [0.15, 0.2) is 22.7 Å². The van der Waals surface area contributed by atoms with Gasteiger partial charge in [0.2, 0.25) is 5.24 Å². The minimum absolute atomic E-state index is 0.374. The van der Waals surface area contributed by atoms with Crippen molar-refractivity contribution in [2.24, 2.45) is 0 Å². The average Bonchev–Trinajstić information content (AvgIpc) is 2.90. The van der Waals surface area contributed by atoms with Gasteiger partial charge in [-0.2, -0.15) is 0 Å². The van der Waals surface area contributed by atoms with Crippen LogP contribution in [0.4, 0.5) is 4.39 Å². The lowest BCUT2D eigenvalue weighted by atomic mass is 9.97. The highest BCUT2D eigenvalue weighted by Gasteiger charge is 2.52. The lowest BCUT2D eigenvalue weighted by Crippen LogP contribution is -2.16. The number of hydrogen-bond acceptors (Lipinski definition) is 1. The minimum Gasteiger partial charge on any atom is -0.280 e. The zero-order chi connectivity index (χ0) is 10.3. The van der Waals surface area contributed by atoms with Crippen molar-refractivity contribution in [1.82, 2.24) is 0 Å². The SMILES string of the molecule is O=C(Cl)C1(c2cccc(Br)c2F)CC1. The van der Waals surface area contributed by atoms with E-state index in [9.17, 15) is 9.18 Å². The Kier molecular flexibility index (Phi) is 2.40. The fourth-order valence-electron chi connectivity index (χ4n) is 1.57. The van der Waals surface area contributed by atoms with E-state index < -0.39 is 10.7 Å². The third-order valence-electron chi connectivity index (χ3n) is 2.59. The maximum Gasteiger partial charge on any atom is 0.232 e. The van der Waals surface area contributed by atoms with Crippen molar-refractivity contribution in [3.05, 3.63) is 34.1 Å². The molecule has 0 bridgehead atoms. The second-order valence-electron chi connectivity index (χ2n) is 3.46. The van der Waals surface area contributed by atoms with Crippen LogP contribution >= 0.6 is 27.5 Å². The highest BCUT2D eigenvalue weighted by atomic mass is 79.9. The van der Waals surface area contributed by atoms with Gasteiger partial charge in [0.15, 0.2) is 0 Å². The van der Waals surface area contributed by atoms with Gasteiger partial charge in [0.05, 0.1) is 9.89 Å². The van der Waals surface area contributed by atoms with Crippen molar-refractivity contribution in [3.63, 3.8) is 0 Å². The van der Waals surface area contributed by atoms with E-state index >= 15 is 0 Å². The zero-order valence-electron chi connectivity index (χ0n) is 7.19. The number of rotatable bonds is 2. The van der Waals surface area contributed by atoms with Crippen LogP contribution in [0, 0.1) is 5.82 Å². The summed E-state index contributed by atoms with van der Waals surface area (Å²) in [6.45, 7) is 0. The van der Waals surface area contributed by atoms with Crippen molar-refractivity contribution in [2.45, 2.75) is 18.3 Å². The Labute approximate surface area is 94.4 Å². The van der Waals surface area contributed by atoms with Gasteiger partial charge >= 0.3 is 0 Å². The van der Waals surface area contributed by atoms with Gasteiger partial charge in [0.1, 0.15) is 5.82 Å². The largest absolute Gasteiger partial charge is 0.280 e. The van der Waals surface area contributed by atoms with Gasteiger partial charge in [-0.15, -0.1) is 0 Å². The molecule has 4 heteroatoms. The van der Waals surface area contributed by atoms with E-state index in [1.165, 1.54) is 0 Å². The second kappa shape index (κ2) is 3.31. The smallest absolute Gasteiger partial charge is 0.232 e. The van der Waals surface area contributed by atoms with Gasteiger partial charge in [0, 0.05) is 5.56 Å². The van der Waals surface area contributed by atoms with Crippen LogP contribution in [0.5, 0.6) is 0 Å². The number of carbonyl (C=O) groups excluding carboxylic acids is 1. The average molecular weight is 278 g/mol. The van der Waals surface area contributed by atoms with Crippen LogP contribution in [-0.4, -0.2) is 5.24 Å². The Morgan fingerprint density at radius 1 is 1.50 bits per heavy atom. The fourth-order valence-corrected chi connectivity index (χ4v) is 2.23. The standard InChI is InChI=1S/C10H7BrClFO/c11-7-3-1-2-6(8(7)13)10(4-5-10)9(12)14/h1-3H,4-5H2. The molecule has 14 heavy (non-hydrogen) atoms. The van der Waals surface area contributed by atoms with Gasteiger partial charge in [-0.25, -0.2) is 4.39 Å². The molecule has 1 saturated carbocycles. The van der Waals surface area contributed by atoms with E-state index in [1.807, 2.05) is 0 Å². The van der Waals surface area contributed by atoms with Crippen molar-refractivity contribution in [3.8, 4) is 0 Å². The summed E-state index contributed by atoms with van der Waals surface area (Å²) in [4.78, 5) is 11.2. The molecule has 0 aliphatic heterocycles. The van der Waals surface area contributed by atoms with E-state index in [0.29, 0.717) is 22.9 Å². The summed E-state index contributed by atoms with van der Waals surface area (Å²) in [6, 6.07) is 4.93. The number of carbonyl (C=O) groups is 1. The van der Waals surface area contributed by atoms with Crippen LogP contribution in [-0.2, 0) is 10.2 Å². The summed E-state index contributed by atoms with van der Waals surface area (Å²) in [5.41, 5.74) is -0.345. The monoisotopic (exact) mass is 276 g/mol. The maximum atomic E-state index is 13.6. The van der Waals surface area contributed by atoms with Crippen LogP contribution in [0.1, 0.15) is 18.4 Å². The van der Waals surface area contributed by atoms with Crippen LogP contribution in [0.25, 0.3) is 0 Å². The van der Waals surface area contributed by atoms with Crippen LogP contribution < -0.4 is 0 Å². The molecule has 74 valence electrons. The topological polar surface area (TPSA) is 17.1 Å². The molecule has 1 nitrogen and oxygen atoms in total. The summed E-state index contributed by atoms with van der Waals surface area (Å²) in [6.07, 6.45) is 1.28. The molecule has 1 aromatic rings. The maximum absolute atomic E-state index is 13.6. The van der Waals surface area contributed by atoms with Crippen LogP contribution in [0.3, 0.4) is 0 Å². The molecular formula is C10H7BrClFO. The van der Waals surface area contributed by atoms with Gasteiger partial charge in [0.25, 0.3) is 0 Å². The summed E-state index contributed by atoms with van der Waals surface area (Å²) in [5.74, 6) is -0.376. The molecule has 0 atom stereocenters. The highest BCUT2D eigenvalue weighted by molar-refractivity contribution is 9.10. The van der Waals surface area contributed by atoms with Gasteiger partial charge in [-0.05, 0) is 46.4 Å². The molecule has 2 rings (SSSR count). The second-order valence-corrected chi connectivity index (χ2v) is 4.65. The quantitative estimate of drug-likeness (QED) is 0.757. The Morgan fingerprint density at radius 2 is 2.14 bits per heavy atom. The number of halogens is 3. The third kappa shape index (κ3) is 1.39. The molecule has 1 fully saturated rings. The zero-order valence-corrected chi connectivity index (χ0v) is 9.53. The molecule has 0 amide bonds.